The van der Waals surface area contributed by atoms with Gasteiger partial charge in [0.2, 0.25) is 0 Å². The summed E-state index contributed by atoms with van der Waals surface area (Å²) in [5.74, 6) is -0.167. The molecule has 116 valence electrons. The summed E-state index contributed by atoms with van der Waals surface area (Å²) in [6.45, 7) is 5.82. The van der Waals surface area contributed by atoms with Gasteiger partial charge in [0.25, 0.3) is 0 Å². The van der Waals surface area contributed by atoms with Crippen molar-refractivity contribution in [3.05, 3.63) is 24.3 Å². The molecule has 0 amide bonds. The van der Waals surface area contributed by atoms with Crippen molar-refractivity contribution in [3.8, 4) is 0 Å². The van der Waals surface area contributed by atoms with Crippen LogP contribution in [0, 0.1) is 0 Å². The summed E-state index contributed by atoms with van der Waals surface area (Å²) < 4.78 is 5.35. The van der Waals surface area contributed by atoms with Gasteiger partial charge in [-0.15, -0.1) is 0 Å². The normalized spacial score (nSPS) is 13.2. The minimum atomic E-state index is -0.167. The Labute approximate surface area is 125 Å². The number of carbonyl (C=O) groups excluding carboxylic acids is 1. The van der Waals surface area contributed by atoms with Crippen molar-refractivity contribution in [1.82, 2.24) is 0 Å². The fraction of sp³-hybridized carbons (Fsp3) is 0.722. The lowest BCUT2D eigenvalue weighted by molar-refractivity contribution is -0.146. The number of esters is 1. The first-order valence-electron chi connectivity index (χ1n) is 8.17. The van der Waals surface area contributed by atoms with Gasteiger partial charge in [-0.25, -0.2) is 0 Å². The molecule has 0 aromatic heterocycles. The first-order valence-corrected chi connectivity index (χ1v) is 8.17. The first-order chi connectivity index (χ1) is 9.70. The van der Waals surface area contributed by atoms with Crippen molar-refractivity contribution < 1.29 is 9.53 Å². The number of carbonyl (C=O) groups is 1. The van der Waals surface area contributed by atoms with Crippen LogP contribution in [0.2, 0.25) is 0 Å². The molecule has 0 aliphatic heterocycles. The smallest absolute Gasteiger partial charge is 0.302 e. The second-order valence-corrected chi connectivity index (χ2v) is 5.24. The Kier molecular flexibility index (Phi) is 13.6. The van der Waals surface area contributed by atoms with Crippen molar-refractivity contribution in [1.29, 1.82) is 0 Å². The zero-order valence-corrected chi connectivity index (χ0v) is 13.6. The molecule has 0 aromatic rings. The monoisotopic (exact) mass is 280 g/mol. The second-order valence-electron chi connectivity index (χ2n) is 5.24. The maximum atomic E-state index is 11.1. The molecule has 0 fully saturated rings. The Balaban J connectivity index is 3.75. The summed E-state index contributed by atoms with van der Waals surface area (Å²) in [5.41, 5.74) is 0. The minimum absolute atomic E-state index is 0.0550. The van der Waals surface area contributed by atoms with Crippen molar-refractivity contribution in [2.24, 2.45) is 0 Å². The quantitative estimate of drug-likeness (QED) is 0.265. The van der Waals surface area contributed by atoms with Gasteiger partial charge in [0.05, 0.1) is 0 Å². The Morgan fingerprint density at radius 3 is 2.30 bits per heavy atom. The van der Waals surface area contributed by atoms with Crippen LogP contribution in [0.25, 0.3) is 0 Å². The molecule has 0 radical (unpaired) electrons. The summed E-state index contributed by atoms with van der Waals surface area (Å²) in [5, 5.41) is 0. The predicted octanol–water partition coefficient (Wildman–Crippen LogP) is 5.58. The van der Waals surface area contributed by atoms with Crippen LogP contribution in [0.4, 0.5) is 0 Å². The van der Waals surface area contributed by atoms with E-state index in [1.165, 1.54) is 32.6 Å². The highest BCUT2D eigenvalue weighted by molar-refractivity contribution is 5.66. The van der Waals surface area contributed by atoms with Crippen LogP contribution >= 0.6 is 0 Å². The standard InChI is InChI=1S/C18H32O2/c1-4-6-8-9-10-11-12-14-16-18(20-17(3)19)15-13-7-5-2/h7,9-10,13,18H,4-6,8,11-12,14-16H2,1-3H3/b10-9-,13-7?. The molecule has 20 heavy (non-hydrogen) atoms. The van der Waals surface area contributed by atoms with E-state index in [1.54, 1.807) is 0 Å². The maximum Gasteiger partial charge on any atom is 0.302 e. The second kappa shape index (κ2) is 14.4. The number of hydrogen-bond donors (Lipinski definition) is 0. The van der Waals surface area contributed by atoms with Crippen LogP contribution in [0.3, 0.4) is 0 Å². The molecule has 0 heterocycles. The topological polar surface area (TPSA) is 26.3 Å². The molecule has 1 atom stereocenters. The molecule has 0 spiro atoms. The van der Waals surface area contributed by atoms with E-state index in [1.807, 2.05) is 0 Å². The number of rotatable bonds is 12. The molecule has 0 aliphatic carbocycles. The van der Waals surface area contributed by atoms with E-state index in [9.17, 15) is 4.79 Å². The molecule has 2 heteroatoms. The highest BCUT2D eigenvalue weighted by Gasteiger charge is 2.09. The van der Waals surface area contributed by atoms with Crippen molar-refractivity contribution in [3.63, 3.8) is 0 Å². The van der Waals surface area contributed by atoms with Gasteiger partial charge in [0.15, 0.2) is 0 Å². The average molecular weight is 280 g/mol. The van der Waals surface area contributed by atoms with E-state index in [4.69, 9.17) is 4.74 Å². The van der Waals surface area contributed by atoms with Gasteiger partial charge in [-0.3, -0.25) is 4.79 Å². The lowest BCUT2D eigenvalue weighted by atomic mass is 10.1. The van der Waals surface area contributed by atoms with Gasteiger partial charge in [-0.05, 0) is 38.5 Å². The molecular formula is C18H32O2. The molecule has 0 aliphatic rings. The Bertz CT molecular complexity index is 279. The molecule has 0 saturated heterocycles. The number of hydrogen-bond acceptors (Lipinski definition) is 2. The summed E-state index contributed by atoms with van der Waals surface area (Å²) in [7, 11) is 0. The van der Waals surface area contributed by atoms with Crippen LogP contribution < -0.4 is 0 Å². The van der Waals surface area contributed by atoms with Crippen LogP contribution in [0.15, 0.2) is 24.3 Å². The van der Waals surface area contributed by atoms with Gasteiger partial charge in [-0.1, -0.05) is 51.0 Å². The fourth-order valence-corrected chi connectivity index (χ4v) is 2.07. The van der Waals surface area contributed by atoms with Crippen LogP contribution in [-0.4, -0.2) is 12.1 Å². The van der Waals surface area contributed by atoms with E-state index in [-0.39, 0.29) is 12.1 Å². The summed E-state index contributed by atoms with van der Waals surface area (Å²) in [6, 6.07) is 0. The van der Waals surface area contributed by atoms with E-state index in [0.29, 0.717) is 0 Å². The molecule has 0 saturated carbocycles. The number of ether oxygens (including phenoxy) is 1. The van der Waals surface area contributed by atoms with Crippen molar-refractivity contribution in [2.75, 3.05) is 0 Å². The van der Waals surface area contributed by atoms with Crippen LogP contribution in [0.1, 0.15) is 78.6 Å². The van der Waals surface area contributed by atoms with Gasteiger partial charge in [-0.2, -0.15) is 0 Å². The maximum absolute atomic E-state index is 11.1. The third kappa shape index (κ3) is 13.4. The van der Waals surface area contributed by atoms with E-state index < -0.39 is 0 Å². The zero-order chi connectivity index (χ0) is 15.1. The largest absolute Gasteiger partial charge is 0.462 e. The zero-order valence-electron chi connectivity index (χ0n) is 13.6. The third-order valence-electron chi connectivity index (χ3n) is 3.17. The molecule has 0 bridgehead atoms. The molecular weight excluding hydrogens is 248 g/mol. The minimum Gasteiger partial charge on any atom is -0.462 e. The molecule has 0 aromatic carbocycles. The van der Waals surface area contributed by atoms with Crippen molar-refractivity contribution >= 4 is 5.97 Å². The van der Waals surface area contributed by atoms with Gasteiger partial charge < -0.3 is 4.74 Å². The third-order valence-corrected chi connectivity index (χ3v) is 3.17. The highest BCUT2D eigenvalue weighted by Crippen LogP contribution is 2.12. The van der Waals surface area contributed by atoms with Crippen molar-refractivity contribution in [2.45, 2.75) is 84.7 Å². The lowest BCUT2D eigenvalue weighted by Gasteiger charge is -2.14. The SMILES string of the molecule is CCC=CCC(CCCC/C=C\CCCC)OC(C)=O. The first kappa shape index (κ1) is 18.9. The summed E-state index contributed by atoms with van der Waals surface area (Å²) >= 11 is 0. The predicted molar refractivity (Wildman–Crippen MR) is 86.7 cm³/mol. The van der Waals surface area contributed by atoms with Gasteiger partial charge in [0.1, 0.15) is 6.10 Å². The van der Waals surface area contributed by atoms with E-state index >= 15 is 0 Å². The van der Waals surface area contributed by atoms with Crippen LogP contribution in [-0.2, 0) is 9.53 Å². The molecule has 2 nitrogen and oxygen atoms in total. The summed E-state index contributed by atoms with van der Waals surface area (Å²) in [4.78, 5) is 11.1. The molecule has 1 unspecified atom stereocenters. The van der Waals surface area contributed by atoms with Gasteiger partial charge >= 0.3 is 5.97 Å². The fourth-order valence-electron chi connectivity index (χ4n) is 2.07. The van der Waals surface area contributed by atoms with Crippen LogP contribution in [0.5, 0.6) is 0 Å². The van der Waals surface area contributed by atoms with Gasteiger partial charge in [0, 0.05) is 13.3 Å². The number of unbranched alkanes of at least 4 members (excludes halogenated alkanes) is 4. The van der Waals surface area contributed by atoms with E-state index in [2.05, 4.69) is 38.2 Å². The lowest BCUT2D eigenvalue weighted by Crippen LogP contribution is -2.15. The number of allylic oxidation sites excluding steroid dienone is 3. The Morgan fingerprint density at radius 1 is 1.00 bits per heavy atom. The highest BCUT2D eigenvalue weighted by atomic mass is 16.5. The summed E-state index contributed by atoms with van der Waals surface area (Å²) in [6.07, 6.45) is 18.9. The average Bonchev–Trinajstić information content (AvgIpc) is 2.41. The molecule has 0 N–H and O–H groups in total. The molecule has 0 rings (SSSR count). The van der Waals surface area contributed by atoms with E-state index in [0.717, 1.165) is 32.1 Å². The Hall–Kier alpha value is -1.05. The Morgan fingerprint density at radius 2 is 1.70 bits per heavy atom.